The minimum atomic E-state index is -0.207. The van der Waals surface area contributed by atoms with Gasteiger partial charge in [0.1, 0.15) is 0 Å². The molecule has 6 nitrogen and oxygen atoms in total. The Morgan fingerprint density at radius 1 is 0.921 bits per heavy atom. The summed E-state index contributed by atoms with van der Waals surface area (Å²) in [4.78, 5) is 33.1. The Labute approximate surface area is 232 Å². The molecule has 2 atom stereocenters. The smallest absolute Gasteiger partial charge is 0.289 e. The second-order valence-corrected chi connectivity index (χ2v) is 12.1. The summed E-state index contributed by atoms with van der Waals surface area (Å²) >= 11 is 3.49. The zero-order valence-electron chi connectivity index (χ0n) is 21.6. The molecule has 1 spiro atoms. The van der Waals surface area contributed by atoms with Crippen molar-refractivity contribution in [3.63, 3.8) is 0 Å². The van der Waals surface area contributed by atoms with Crippen LogP contribution in [0.25, 0.3) is 0 Å². The average Bonchev–Trinajstić information content (AvgIpc) is 3.69. The molecule has 3 aliphatic heterocycles. The fourth-order valence-electron chi connectivity index (χ4n) is 6.67. The molecule has 0 N–H and O–H groups in total. The third-order valence-corrected chi connectivity index (χ3v) is 9.41. The Bertz CT molecular complexity index is 1250. The predicted octanol–water partition coefficient (Wildman–Crippen LogP) is 5.41. The standard InChI is InChI=1S/C31H34BrN3O3/c32-26-10-8-23(9-11-26)19-34-17-14-31(30(34)37)12-15-33(16-13-31)20-25-21-35(29(36)28-7-4-18-38-28)22-27(25)24-5-2-1-3-6-24/h1-11,18,25,27H,12-17,19-22H2. The number of hydrogen-bond donors (Lipinski definition) is 0. The molecular formula is C31H34BrN3O3. The zero-order valence-corrected chi connectivity index (χ0v) is 23.2. The molecule has 3 aromatic rings. The lowest BCUT2D eigenvalue weighted by Crippen LogP contribution is -2.46. The van der Waals surface area contributed by atoms with Crippen LogP contribution in [0.15, 0.2) is 81.9 Å². The Morgan fingerprint density at radius 2 is 1.66 bits per heavy atom. The van der Waals surface area contributed by atoms with Crippen molar-refractivity contribution in [1.29, 1.82) is 0 Å². The van der Waals surface area contributed by atoms with E-state index in [1.165, 1.54) is 11.1 Å². The molecule has 3 aliphatic rings. The third kappa shape index (κ3) is 5.06. The normalized spacial score (nSPS) is 23.4. The van der Waals surface area contributed by atoms with Crippen LogP contribution in [0.3, 0.4) is 0 Å². The number of carbonyl (C=O) groups is 2. The van der Waals surface area contributed by atoms with Gasteiger partial charge >= 0.3 is 0 Å². The highest BCUT2D eigenvalue weighted by Gasteiger charge is 2.48. The van der Waals surface area contributed by atoms with E-state index in [0.29, 0.717) is 36.6 Å². The molecule has 38 heavy (non-hydrogen) atoms. The highest BCUT2D eigenvalue weighted by atomic mass is 79.9. The molecule has 6 rings (SSSR count). The van der Waals surface area contributed by atoms with Gasteiger partial charge in [-0.2, -0.15) is 0 Å². The molecule has 0 bridgehead atoms. The Kier molecular flexibility index (Phi) is 7.14. The van der Waals surface area contributed by atoms with E-state index in [0.717, 1.165) is 56.5 Å². The summed E-state index contributed by atoms with van der Waals surface area (Å²) in [6.45, 7) is 5.77. The molecule has 1 aromatic heterocycles. The summed E-state index contributed by atoms with van der Waals surface area (Å²) in [5, 5.41) is 0. The number of carbonyl (C=O) groups excluding carboxylic acids is 2. The second kappa shape index (κ2) is 10.7. The van der Waals surface area contributed by atoms with E-state index < -0.39 is 0 Å². The van der Waals surface area contributed by atoms with Gasteiger partial charge in [-0.15, -0.1) is 0 Å². The van der Waals surface area contributed by atoms with E-state index in [1.807, 2.05) is 23.1 Å². The lowest BCUT2D eigenvalue weighted by molar-refractivity contribution is -0.139. The quantitative estimate of drug-likeness (QED) is 0.394. The van der Waals surface area contributed by atoms with Gasteiger partial charge in [-0.1, -0.05) is 58.4 Å². The van der Waals surface area contributed by atoms with E-state index in [-0.39, 0.29) is 11.3 Å². The first kappa shape index (κ1) is 25.4. The van der Waals surface area contributed by atoms with Crippen LogP contribution < -0.4 is 0 Å². The molecule has 0 aliphatic carbocycles. The molecule has 2 unspecified atom stereocenters. The number of nitrogens with zero attached hydrogens (tertiary/aromatic N) is 3. The van der Waals surface area contributed by atoms with Gasteiger partial charge in [-0.25, -0.2) is 0 Å². The summed E-state index contributed by atoms with van der Waals surface area (Å²) in [5.41, 5.74) is 2.26. The molecule has 4 heterocycles. The number of piperidine rings is 1. The van der Waals surface area contributed by atoms with Crippen molar-refractivity contribution >= 4 is 27.7 Å². The molecule has 3 fully saturated rings. The van der Waals surface area contributed by atoms with Crippen molar-refractivity contribution in [3.05, 3.63) is 94.4 Å². The minimum Gasteiger partial charge on any atom is -0.459 e. The maximum absolute atomic E-state index is 13.5. The number of furan rings is 1. The van der Waals surface area contributed by atoms with Gasteiger partial charge in [0.25, 0.3) is 5.91 Å². The van der Waals surface area contributed by atoms with Gasteiger partial charge in [0.05, 0.1) is 11.7 Å². The maximum Gasteiger partial charge on any atom is 0.289 e. The van der Waals surface area contributed by atoms with E-state index >= 15 is 0 Å². The van der Waals surface area contributed by atoms with Crippen molar-refractivity contribution in [3.8, 4) is 0 Å². The van der Waals surface area contributed by atoms with Crippen LogP contribution in [0.5, 0.6) is 0 Å². The summed E-state index contributed by atoms with van der Waals surface area (Å²) in [5.74, 6) is 1.35. The summed E-state index contributed by atoms with van der Waals surface area (Å²) < 4.78 is 6.47. The van der Waals surface area contributed by atoms with Crippen LogP contribution in [0.4, 0.5) is 0 Å². The van der Waals surface area contributed by atoms with Gasteiger partial charge in [0.15, 0.2) is 5.76 Å². The molecule has 7 heteroatoms. The van der Waals surface area contributed by atoms with Crippen LogP contribution in [0.2, 0.25) is 0 Å². The van der Waals surface area contributed by atoms with Crippen molar-refractivity contribution in [2.24, 2.45) is 11.3 Å². The molecule has 2 amide bonds. The highest BCUT2D eigenvalue weighted by molar-refractivity contribution is 9.10. The zero-order chi connectivity index (χ0) is 26.1. The highest BCUT2D eigenvalue weighted by Crippen LogP contribution is 2.43. The predicted molar refractivity (Wildman–Crippen MR) is 150 cm³/mol. The molecule has 2 aromatic carbocycles. The molecule has 3 saturated heterocycles. The molecule has 198 valence electrons. The van der Waals surface area contributed by atoms with E-state index in [1.54, 1.807) is 18.4 Å². The van der Waals surface area contributed by atoms with Gasteiger partial charge in [0, 0.05) is 43.1 Å². The largest absolute Gasteiger partial charge is 0.459 e. The second-order valence-electron chi connectivity index (χ2n) is 11.1. The topological polar surface area (TPSA) is 57.0 Å². The van der Waals surface area contributed by atoms with Crippen molar-refractivity contribution < 1.29 is 14.0 Å². The Hall–Kier alpha value is -2.90. The fraction of sp³-hybridized carbons (Fsp3) is 0.419. The Morgan fingerprint density at radius 3 is 2.37 bits per heavy atom. The van der Waals surface area contributed by atoms with Crippen molar-refractivity contribution in [1.82, 2.24) is 14.7 Å². The van der Waals surface area contributed by atoms with E-state index in [2.05, 4.69) is 62.1 Å². The third-order valence-electron chi connectivity index (χ3n) is 8.88. The first-order chi connectivity index (χ1) is 18.5. The SMILES string of the molecule is O=C(c1ccco1)N1CC(CN2CCC3(CC2)CCN(Cc2ccc(Br)cc2)C3=O)C(c2ccccc2)C1. The fourth-order valence-corrected chi connectivity index (χ4v) is 6.93. The first-order valence-electron chi connectivity index (χ1n) is 13.6. The van der Waals surface area contributed by atoms with Gasteiger partial charge in [-0.3, -0.25) is 9.59 Å². The summed E-state index contributed by atoms with van der Waals surface area (Å²) in [6.07, 6.45) is 4.35. The molecule has 0 radical (unpaired) electrons. The van der Waals surface area contributed by atoms with Crippen LogP contribution in [-0.2, 0) is 11.3 Å². The van der Waals surface area contributed by atoms with Gasteiger partial charge in [0.2, 0.25) is 5.91 Å². The van der Waals surface area contributed by atoms with E-state index in [9.17, 15) is 9.59 Å². The lowest BCUT2D eigenvalue weighted by Gasteiger charge is -2.39. The minimum absolute atomic E-state index is 0.0292. The number of amides is 2. The van der Waals surface area contributed by atoms with Crippen molar-refractivity contribution in [2.75, 3.05) is 39.3 Å². The van der Waals surface area contributed by atoms with Crippen molar-refractivity contribution in [2.45, 2.75) is 31.7 Å². The van der Waals surface area contributed by atoms with E-state index in [4.69, 9.17) is 4.42 Å². The lowest BCUT2D eigenvalue weighted by atomic mass is 9.76. The van der Waals surface area contributed by atoms with Crippen LogP contribution in [-0.4, -0.2) is 65.8 Å². The van der Waals surface area contributed by atoms with Crippen LogP contribution >= 0.6 is 15.9 Å². The van der Waals surface area contributed by atoms with Crippen LogP contribution in [0, 0.1) is 11.3 Å². The number of halogens is 1. The Balaban J connectivity index is 1.09. The molecular weight excluding hydrogens is 542 g/mol. The number of hydrogen-bond acceptors (Lipinski definition) is 4. The number of likely N-dealkylation sites (tertiary alicyclic amines) is 3. The van der Waals surface area contributed by atoms with Gasteiger partial charge < -0.3 is 19.1 Å². The van der Waals surface area contributed by atoms with Crippen LogP contribution in [0.1, 0.15) is 46.9 Å². The summed E-state index contributed by atoms with van der Waals surface area (Å²) in [6, 6.07) is 22.4. The van der Waals surface area contributed by atoms with Gasteiger partial charge in [-0.05, 0) is 73.7 Å². The monoisotopic (exact) mass is 575 g/mol. The maximum atomic E-state index is 13.5. The number of rotatable bonds is 6. The number of benzene rings is 2. The summed E-state index contributed by atoms with van der Waals surface area (Å²) in [7, 11) is 0. The molecule has 0 saturated carbocycles. The first-order valence-corrected chi connectivity index (χ1v) is 14.4. The average molecular weight is 577 g/mol.